The first kappa shape index (κ1) is 14.9. The van der Waals surface area contributed by atoms with E-state index in [9.17, 15) is 9.59 Å². The number of carbonyl (C=O) groups excluding carboxylic acids is 1. The van der Waals surface area contributed by atoms with Gasteiger partial charge < -0.3 is 10.4 Å². The molecule has 0 aliphatic carbocycles. The van der Waals surface area contributed by atoms with Gasteiger partial charge in [0.25, 0.3) is 0 Å². The number of aliphatic carboxylic acids is 1. The van der Waals surface area contributed by atoms with Gasteiger partial charge in [-0.2, -0.15) is 0 Å². The number of rotatable bonds is 5. The maximum atomic E-state index is 11.6. The van der Waals surface area contributed by atoms with Gasteiger partial charge in [-0.1, -0.05) is 17.7 Å². The zero-order valence-corrected chi connectivity index (χ0v) is 11.6. The minimum atomic E-state index is -0.924. The van der Waals surface area contributed by atoms with Crippen LogP contribution in [0.25, 0.3) is 0 Å². The van der Waals surface area contributed by atoms with E-state index in [2.05, 4.69) is 5.32 Å². The van der Waals surface area contributed by atoms with E-state index in [-0.39, 0.29) is 11.7 Å². The van der Waals surface area contributed by atoms with Crippen LogP contribution in [0.3, 0.4) is 0 Å². The van der Waals surface area contributed by atoms with Crippen LogP contribution in [0, 0.1) is 6.92 Å². The van der Waals surface area contributed by atoms with Crippen LogP contribution < -0.4 is 5.32 Å². The van der Waals surface area contributed by atoms with Crippen molar-refractivity contribution in [3.63, 3.8) is 0 Å². The minimum Gasteiger partial charge on any atom is -0.480 e. The number of benzene rings is 1. The van der Waals surface area contributed by atoms with E-state index >= 15 is 0 Å². The lowest BCUT2D eigenvalue weighted by atomic mass is 10.2. The molecule has 0 heterocycles. The van der Waals surface area contributed by atoms with Gasteiger partial charge in [-0.15, -0.1) is 11.8 Å². The Morgan fingerprint density at radius 2 is 2.17 bits per heavy atom. The van der Waals surface area contributed by atoms with Crippen LogP contribution in [-0.4, -0.2) is 28.0 Å². The van der Waals surface area contributed by atoms with E-state index in [1.807, 2.05) is 6.92 Å². The highest BCUT2D eigenvalue weighted by Gasteiger charge is 2.14. The smallest absolute Gasteiger partial charge is 0.316 e. The molecule has 0 spiro atoms. The van der Waals surface area contributed by atoms with Gasteiger partial charge in [0.2, 0.25) is 5.91 Å². The summed E-state index contributed by atoms with van der Waals surface area (Å²) in [5.74, 6) is -1.07. The monoisotopic (exact) mass is 287 g/mol. The Hall–Kier alpha value is -1.20. The third-order valence-corrected chi connectivity index (χ3v) is 3.89. The number of nitrogens with one attached hydrogen (secondary N) is 1. The Kier molecular flexibility index (Phi) is 5.50. The predicted octanol–water partition coefficient (Wildman–Crippen LogP) is 2.79. The number of thioether (sulfide) groups is 1. The summed E-state index contributed by atoms with van der Waals surface area (Å²) < 4.78 is 0. The molecule has 18 heavy (non-hydrogen) atoms. The largest absolute Gasteiger partial charge is 0.480 e. The van der Waals surface area contributed by atoms with Crippen LogP contribution in [0.1, 0.15) is 12.5 Å². The molecule has 6 heteroatoms. The molecule has 0 aliphatic heterocycles. The molecule has 0 fully saturated rings. The van der Waals surface area contributed by atoms with Crippen LogP contribution in [-0.2, 0) is 9.59 Å². The van der Waals surface area contributed by atoms with E-state index in [1.54, 1.807) is 25.1 Å². The van der Waals surface area contributed by atoms with Crippen LogP contribution in [0.4, 0.5) is 5.69 Å². The highest BCUT2D eigenvalue weighted by molar-refractivity contribution is 8.01. The number of carbonyl (C=O) groups is 2. The summed E-state index contributed by atoms with van der Waals surface area (Å²) in [4.78, 5) is 22.2. The van der Waals surface area contributed by atoms with Gasteiger partial charge in [-0.3, -0.25) is 9.59 Å². The molecule has 98 valence electrons. The van der Waals surface area contributed by atoms with E-state index < -0.39 is 11.2 Å². The summed E-state index contributed by atoms with van der Waals surface area (Å²) in [5.41, 5.74) is 1.44. The molecule has 1 aromatic carbocycles. The zero-order chi connectivity index (χ0) is 13.7. The molecule has 2 N–H and O–H groups in total. The van der Waals surface area contributed by atoms with Crippen molar-refractivity contribution in [3.05, 3.63) is 28.8 Å². The van der Waals surface area contributed by atoms with E-state index in [1.165, 1.54) is 0 Å². The maximum Gasteiger partial charge on any atom is 0.316 e. The summed E-state index contributed by atoms with van der Waals surface area (Å²) in [6.07, 6.45) is 0. The minimum absolute atomic E-state index is 0.0966. The Morgan fingerprint density at radius 1 is 1.50 bits per heavy atom. The molecular formula is C12H14ClNO3S. The zero-order valence-electron chi connectivity index (χ0n) is 10.1. The molecule has 0 radical (unpaired) electrons. The normalized spacial score (nSPS) is 11.9. The highest BCUT2D eigenvalue weighted by atomic mass is 35.5. The van der Waals surface area contributed by atoms with Crippen LogP contribution >= 0.6 is 23.4 Å². The van der Waals surface area contributed by atoms with Gasteiger partial charge in [0.15, 0.2) is 0 Å². The van der Waals surface area contributed by atoms with Gasteiger partial charge >= 0.3 is 5.97 Å². The third kappa shape index (κ3) is 4.23. The Morgan fingerprint density at radius 3 is 2.78 bits per heavy atom. The molecule has 0 aliphatic rings. The van der Waals surface area contributed by atoms with Crippen molar-refractivity contribution in [3.8, 4) is 0 Å². The number of amides is 1. The summed E-state index contributed by atoms with van der Waals surface area (Å²) in [6, 6.07) is 5.25. The fourth-order valence-electron chi connectivity index (χ4n) is 1.20. The molecule has 0 aromatic heterocycles. The molecule has 0 bridgehead atoms. The second-order valence-corrected chi connectivity index (χ2v) is 5.49. The van der Waals surface area contributed by atoms with Crippen LogP contribution in [0.15, 0.2) is 18.2 Å². The predicted molar refractivity (Wildman–Crippen MR) is 74.4 cm³/mol. The van der Waals surface area contributed by atoms with Crippen molar-refractivity contribution in [2.45, 2.75) is 19.1 Å². The highest BCUT2D eigenvalue weighted by Crippen LogP contribution is 2.23. The molecule has 1 rings (SSSR count). The second kappa shape index (κ2) is 6.66. The first-order chi connectivity index (χ1) is 8.41. The quantitative estimate of drug-likeness (QED) is 0.874. The van der Waals surface area contributed by atoms with Crippen molar-refractivity contribution >= 4 is 40.9 Å². The van der Waals surface area contributed by atoms with Gasteiger partial charge in [0, 0.05) is 10.7 Å². The average molecular weight is 288 g/mol. The van der Waals surface area contributed by atoms with Crippen molar-refractivity contribution in [1.82, 2.24) is 0 Å². The summed E-state index contributed by atoms with van der Waals surface area (Å²) in [6.45, 7) is 3.36. The molecule has 0 saturated heterocycles. The van der Waals surface area contributed by atoms with Gasteiger partial charge in [0.1, 0.15) is 0 Å². The number of hydrogen-bond acceptors (Lipinski definition) is 3. The number of carboxylic acids is 1. The Balaban J connectivity index is 2.55. The Labute approximate surface area is 115 Å². The molecule has 1 unspecified atom stereocenters. The lowest BCUT2D eigenvalue weighted by Crippen LogP contribution is -2.19. The van der Waals surface area contributed by atoms with Gasteiger partial charge in [0.05, 0.1) is 11.0 Å². The van der Waals surface area contributed by atoms with Crippen LogP contribution in [0.5, 0.6) is 0 Å². The molecule has 1 amide bonds. The lowest BCUT2D eigenvalue weighted by Gasteiger charge is -2.10. The Bertz CT molecular complexity index is 465. The molecule has 0 saturated carbocycles. The summed E-state index contributed by atoms with van der Waals surface area (Å²) in [7, 11) is 0. The average Bonchev–Trinajstić information content (AvgIpc) is 2.32. The van der Waals surface area contributed by atoms with Gasteiger partial charge in [-0.05, 0) is 31.5 Å². The first-order valence-electron chi connectivity index (χ1n) is 5.31. The van der Waals surface area contributed by atoms with Gasteiger partial charge in [-0.25, -0.2) is 0 Å². The number of hydrogen-bond donors (Lipinski definition) is 2. The number of anilines is 1. The molecule has 1 atom stereocenters. The lowest BCUT2D eigenvalue weighted by molar-refractivity contribution is -0.136. The van der Waals surface area contributed by atoms with Crippen molar-refractivity contribution < 1.29 is 14.7 Å². The standard InChI is InChI=1S/C12H14ClNO3S/c1-7-9(13)4-3-5-10(7)14-11(15)6-18-8(2)12(16)17/h3-5,8H,6H2,1-2H3,(H,14,15)(H,16,17). The summed E-state index contributed by atoms with van der Waals surface area (Å²) >= 11 is 7.01. The topological polar surface area (TPSA) is 66.4 Å². The van der Waals surface area contributed by atoms with E-state index in [0.29, 0.717) is 10.7 Å². The number of halogens is 1. The van der Waals surface area contributed by atoms with Crippen molar-refractivity contribution in [2.24, 2.45) is 0 Å². The third-order valence-electron chi connectivity index (χ3n) is 2.35. The molecule has 1 aromatic rings. The fourth-order valence-corrected chi connectivity index (χ4v) is 1.99. The molecule has 4 nitrogen and oxygen atoms in total. The summed E-state index contributed by atoms with van der Waals surface area (Å²) in [5, 5.41) is 11.4. The maximum absolute atomic E-state index is 11.6. The van der Waals surface area contributed by atoms with E-state index in [0.717, 1.165) is 17.3 Å². The fraction of sp³-hybridized carbons (Fsp3) is 0.333. The number of carboxylic acid groups (broad SMARTS) is 1. The first-order valence-corrected chi connectivity index (χ1v) is 6.74. The van der Waals surface area contributed by atoms with Crippen LogP contribution in [0.2, 0.25) is 5.02 Å². The molecular weight excluding hydrogens is 274 g/mol. The second-order valence-electron chi connectivity index (χ2n) is 3.75. The SMILES string of the molecule is Cc1c(Cl)cccc1NC(=O)CSC(C)C(=O)O. The van der Waals surface area contributed by atoms with Crippen molar-refractivity contribution in [2.75, 3.05) is 11.1 Å². The van der Waals surface area contributed by atoms with Crippen molar-refractivity contribution in [1.29, 1.82) is 0 Å². The van der Waals surface area contributed by atoms with E-state index in [4.69, 9.17) is 16.7 Å².